The van der Waals surface area contributed by atoms with Gasteiger partial charge in [0.1, 0.15) is 0 Å². The highest BCUT2D eigenvalue weighted by molar-refractivity contribution is 5.01. The van der Waals surface area contributed by atoms with Crippen LogP contribution in [-0.2, 0) is 4.74 Å². The summed E-state index contributed by atoms with van der Waals surface area (Å²) in [6.07, 6.45) is 20.8. The van der Waals surface area contributed by atoms with E-state index in [2.05, 4.69) is 19.9 Å². The molecule has 0 heterocycles. The predicted octanol–water partition coefficient (Wildman–Crippen LogP) is 7.42. The van der Waals surface area contributed by atoms with E-state index in [9.17, 15) is 5.26 Å². The Morgan fingerprint density at radius 3 is 2.15 bits per heavy atom. The molecule has 2 aliphatic rings. The second-order valence-corrected chi connectivity index (χ2v) is 9.26. The van der Waals surface area contributed by atoms with Gasteiger partial charge in [-0.25, -0.2) is 0 Å². The van der Waals surface area contributed by atoms with Crippen LogP contribution in [0.15, 0.2) is 0 Å². The maximum atomic E-state index is 9.75. The van der Waals surface area contributed by atoms with Crippen LogP contribution in [0.25, 0.3) is 0 Å². The lowest BCUT2D eigenvalue weighted by molar-refractivity contribution is -0.0134. The summed E-state index contributed by atoms with van der Waals surface area (Å²) in [7, 11) is 0. The number of hydrogen-bond donors (Lipinski definition) is 0. The van der Waals surface area contributed by atoms with Crippen LogP contribution in [0.2, 0.25) is 0 Å². The SMILES string of the molecule is CCCCCCC[C@]1(C#N)CC[C@H](CO[C@H]2CC[C@H](CCC)CC2)CC1. The number of nitrogens with zero attached hydrogens (tertiary/aromatic N) is 1. The molecule has 0 aliphatic heterocycles. The van der Waals surface area contributed by atoms with Crippen LogP contribution in [0.5, 0.6) is 0 Å². The molecule has 2 fully saturated rings. The first-order valence-corrected chi connectivity index (χ1v) is 11.7. The van der Waals surface area contributed by atoms with E-state index in [4.69, 9.17) is 4.74 Å². The Bertz CT molecular complexity index is 397. The van der Waals surface area contributed by atoms with Crippen LogP contribution >= 0.6 is 0 Å². The molecular formula is C24H43NO. The summed E-state index contributed by atoms with van der Waals surface area (Å²) in [5.74, 6) is 1.66. The highest BCUT2D eigenvalue weighted by Gasteiger charge is 2.35. The Kier molecular flexibility index (Phi) is 10.1. The minimum Gasteiger partial charge on any atom is -0.378 e. The average Bonchev–Trinajstić information content (AvgIpc) is 2.68. The van der Waals surface area contributed by atoms with Gasteiger partial charge in [-0.3, -0.25) is 0 Å². The zero-order valence-corrected chi connectivity index (χ0v) is 17.6. The third-order valence-corrected chi connectivity index (χ3v) is 7.12. The van der Waals surface area contributed by atoms with Crippen molar-refractivity contribution in [2.45, 2.75) is 123 Å². The monoisotopic (exact) mass is 361 g/mol. The minimum atomic E-state index is -0.0130. The molecule has 2 saturated carbocycles. The Morgan fingerprint density at radius 2 is 1.54 bits per heavy atom. The van der Waals surface area contributed by atoms with Crippen molar-refractivity contribution in [1.82, 2.24) is 0 Å². The van der Waals surface area contributed by atoms with E-state index in [1.165, 1.54) is 83.5 Å². The summed E-state index contributed by atoms with van der Waals surface area (Å²) < 4.78 is 6.29. The fourth-order valence-electron chi connectivity index (χ4n) is 5.15. The van der Waals surface area contributed by atoms with E-state index >= 15 is 0 Å². The molecule has 150 valence electrons. The van der Waals surface area contributed by atoms with Gasteiger partial charge in [-0.2, -0.15) is 5.26 Å². The van der Waals surface area contributed by atoms with E-state index < -0.39 is 0 Å². The molecular weight excluding hydrogens is 318 g/mol. The molecule has 0 spiro atoms. The van der Waals surface area contributed by atoms with Gasteiger partial charge in [-0.05, 0) is 69.6 Å². The quantitative estimate of drug-likeness (QED) is 0.359. The normalized spacial score (nSPS) is 32.3. The van der Waals surface area contributed by atoms with Gasteiger partial charge in [0.15, 0.2) is 0 Å². The summed E-state index contributed by atoms with van der Waals surface area (Å²) in [4.78, 5) is 0. The number of unbranched alkanes of at least 4 members (excludes halogenated alkanes) is 4. The van der Waals surface area contributed by atoms with Gasteiger partial charge in [-0.15, -0.1) is 0 Å². The molecule has 0 N–H and O–H groups in total. The summed E-state index contributed by atoms with van der Waals surface area (Å²) in [5.41, 5.74) is -0.0130. The lowest BCUT2D eigenvalue weighted by Gasteiger charge is -2.36. The second-order valence-electron chi connectivity index (χ2n) is 9.26. The molecule has 0 radical (unpaired) electrons. The van der Waals surface area contributed by atoms with Gasteiger partial charge >= 0.3 is 0 Å². The first-order chi connectivity index (χ1) is 12.7. The van der Waals surface area contributed by atoms with E-state index in [0.717, 1.165) is 31.8 Å². The standard InChI is InChI=1S/C24H43NO/c1-3-5-6-7-8-16-24(20-25)17-14-22(15-18-24)19-26-23-12-10-21(9-4-2)11-13-23/h21-23H,3-19H2,1-2H3/t21-,22-,23-,24-. The van der Waals surface area contributed by atoms with Crippen LogP contribution < -0.4 is 0 Å². The lowest BCUT2D eigenvalue weighted by Crippen LogP contribution is -2.30. The van der Waals surface area contributed by atoms with Crippen LogP contribution in [0, 0.1) is 28.6 Å². The minimum absolute atomic E-state index is 0.0130. The molecule has 0 amide bonds. The predicted molar refractivity (Wildman–Crippen MR) is 110 cm³/mol. The maximum absolute atomic E-state index is 9.75. The summed E-state index contributed by atoms with van der Waals surface area (Å²) in [5, 5.41) is 9.75. The number of ether oxygens (including phenoxy) is 1. The van der Waals surface area contributed by atoms with Crippen molar-refractivity contribution in [3.8, 4) is 6.07 Å². The van der Waals surface area contributed by atoms with Crippen molar-refractivity contribution in [3.63, 3.8) is 0 Å². The molecule has 26 heavy (non-hydrogen) atoms. The Hall–Kier alpha value is -0.550. The summed E-state index contributed by atoms with van der Waals surface area (Å²) >= 11 is 0. The third-order valence-electron chi connectivity index (χ3n) is 7.12. The van der Waals surface area contributed by atoms with Crippen molar-refractivity contribution < 1.29 is 4.74 Å². The molecule has 0 saturated heterocycles. The fourth-order valence-corrected chi connectivity index (χ4v) is 5.15. The van der Waals surface area contributed by atoms with Crippen molar-refractivity contribution in [2.24, 2.45) is 17.3 Å². The first kappa shape index (κ1) is 21.7. The molecule has 2 heteroatoms. The zero-order valence-electron chi connectivity index (χ0n) is 17.6. The third kappa shape index (κ3) is 7.22. The van der Waals surface area contributed by atoms with E-state index in [1.54, 1.807) is 0 Å². The molecule has 2 rings (SSSR count). The Labute approximate surface area is 163 Å². The average molecular weight is 362 g/mol. The molecule has 0 atom stereocenters. The van der Waals surface area contributed by atoms with Crippen molar-refractivity contribution in [2.75, 3.05) is 6.61 Å². The van der Waals surface area contributed by atoms with Gasteiger partial charge in [0, 0.05) is 6.61 Å². The van der Waals surface area contributed by atoms with Crippen molar-refractivity contribution in [1.29, 1.82) is 5.26 Å². The molecule has 0 unspecified atom stereocenters. The van der Waals surface area contributed by atoms with E-state index in [1.807, 2.05) is 0 Å². The molecule has 2 nitrogen and oxygen atoms in total. The maximum Gasteiger partial charge on any atom is 0.0689 e. The van der Waals surface area contributed by atoms with Gasteiger partial charge in [0.2, 0.25) is 0 Å². The number of hydrogen-bond acceptors (Lipinski definition) is 2. The molecule has 0 aromatic heterocycles. The highest BCUT2D eigenvalue weighted by atomic mass is 16.5. The number of rotatable bonds is 11. The Morgan fingerprint density at radius 1 is 0.846 bits per heavy atom. The second kappa shape index (κ2) is 12.0. The van der Waals surface area contributed by atoms with E-state index in [0.29, 0.717) is 12.0 Å². The van der Waals surface area contributed by atoms with Crippen LogP contribution in [0.3, 0.4) is 0 Å². The molecule has 0 aromatic carbocycles. The molecule has 0 bridgehead atoms. The van der Waals surface area contributed by atoms with E-state index in [-0.39, 0.29) is 5.41 Å². The van der Waals surface area contributed by atoms with Crippen molar-refractivity contribution in [3.05, 3.63) is 0 Å². The van der Waals surface area contributed by atoms with Crippen LogP contribution in [-0.4, -0.2) is 12.7 Å². The summed E-state index contributed by atoms with van der Waals surface area (Å²) in [6.45, 7) is 5.51. The number of nitriles is 1. The topological polar surface area (TPSA) is 33.0 Å². The highest BCUT2D eigenvalue weighted by Crippen LogP contribution is 2.42. The van der Waals surface area contributed by atoms with Crippen LogP contribution in [0.1, 0.15) is 117 Å². The fraction of sp³-hybridized carbons (Fsp3) is 0.958. The zero-order chi connectivity index (χ0) is 18.7. The molecule has 0 aromatic rings. The van der Waals surface area contributed by atoms with Gasteiger partial charge in [0.05, 0.1) is 17.6 Å². The largest absolute Gasteiger partial charge is 0.378 e. The summed E-state index contributed by atoms with van der Waals surface area (Å²) in [6, 6.07) is 2.71. The smallest absolute Gasteiger partial charge is 0.0689 e. The van der Waals surface area contributed by atoms with Gasteiger partial charge in [0.25, 0.3) is 0 Å². The lowest BCUT2D eigenvalue weighted by atomic mass is 9.69. The first-order valence-electron chi connectivity index (χ1n) is 11.7. The Balaban J connectivity index is 1.61. The van der Waals surface area contributed by atoms with Crippen molar-refractivity contribution >= 4 is 0 Å². The van der Waals surface area contributed by atoms with Gasteiger partial charge in [-0.1, -0.05) is 58.8 Å². The van der Waals surface area contributed by atoms with Crippen LogP contribution in [0.4, 0.5) is 0 Å². The molecule has 2 aliphatic carbocycles. The van der Waals surface area contributed by atoms with Gasteiger partial charge < -0.3 is 4.74 Å².